The number of nitriles is 1. The number of nitrogens with one attached hydrogen (secondary N) is 1. The van der Waals surface area contributed by atoms with Crippen molar-refractivity contribution in [3.8, 4) is 11.8 Å². The maximum atomic E-state index is 12.7. The van der Waals surface area contributed by atoms with Crippen LogP contribution in [0, 0.1) is 28.4 Å². The fourth-order valence-electron chi connectivity index (χ4n) is 2.85. The Bertz CT molecular complexity index is 1260. The molecule has 0 aromatic heterocycles. The number of carbonyl (C=O) groups is 1. The molecule has 0 spiro atoms. The van der Waals surface area contributed by atoms with E-state index < -0.39 is 10.8 Å². The van der Waals surface area contributed by atoms with Gasteiger partial charge in [-0.05, 0) is 70.9 Å². The minimum absolute atomic E-state index is 0.00885. The Morgan fingerprint density at radius 1 is 1.15 bits per heavy atom. The molecule has 0 aliphatic rings. The summed E-state index contributed by atoms with van der Waals surface area (Å²) in [6.07, 6.45) is 1.45. The molecule has 0 unspecified atom stereocenters. The Labute approximate surface area is 207 Å². The second kappa shape index (κ2) is 10.9. The third kappa shape index (κ3) is 6.51. The number of benzene rings is 3. The quantitative estimate of drug-likeness (QED) is 0.150. The van der Waals surface area contributed by atoms with Crippen molar-refractivity contribution in [3.63, 3.8) is 0 Å². The molecule has 0 radical (unpaired) electrons. The van der Waals surface area contributed by atoms with E-state index in [4.69, 9.17) is 4.74 Å². The van der Waals surface area contributed by atoms with Gasteiger partial charge in [-0.25, -0.2) is 0 Å². The zero-order valence-corrected chi connectivity index (χ0v) is 20.5. The first kappa shape index (κ1) is 24.2. The molecule has 0 aliphatic heterocycles. The SMILES string of the molecule is Cc1ccc(NC(=O)/C(C#N)=C/c2cc(Br)cc(Br)c2OCc2ccc([N+](=O)[O-])cc2)cc1. The van der Waals surface area contributed by atoms with Crippen molar-refractivity contribution in [1.82, 2.24) is 0 Å². The van der Waals surface area contributed by atoms with E-state index in [0.717, 1.165) is 15.6 Å². The van der Waals surface area contributed by atoms with Crippen LogP contribution in [-0.2, 0) is 11.4 Å². The van der Waals surface area contributed by atoms with Crippen LogP contribution >= 0.6 is 31.9 Å². The minimum Gasteiger partial charge on any atom is -0.487 e. The lowest BCUT2D eigenvalue weighted by molar-refractivity contribution is -0.384. The van der Waals surface area contributed by atoms with E-state index in [0.29, 0.717) is 21.5 Å². The number of hydrogen-bond donors (Lipinski definition) is 1. The number of ether oxygens (including phenoxy) is 1. The fourth-order valence-corrected chi connectivity index (χ4v) is 4.22. The molecule has 0 bridgehead atoms. The second-order valence-corrected chi connectivity index (χ2v) is 8.78. The number of carbonyl (C=O) groups excluding carboxylic acids is 1. The highest BCUT2D eigenvalue weighted by molar-refractivity contribution is 9.11. The van der Waals surface area contributed by atoms with Gasteiger partial charge in [0.25, 0.3) is 11.6 Å². The van der Waals surface area contributed by atoms with Crippen LogP contribution in [0.4, 0.5) is 11.4 Å². The molecule has 1 N–H and O–H groups in total. The van der Waals surface area contributed by atoms with Crippen LogP contribution in [0.15, 0.2) is 75.2 Å². The number of nitro benzene ring substituents is 1. The number of rotatable bonds is 7. The monoisotopic (exact) mass is 569 g/mol. The molecule has 0 fully saturated rings. The van der Waals surface area contributed by atoms with Crippen molar-refractivity contribution in [2.24, 2.45) is 0 Å². The lowest BCUT2D eigenvalue weighted by atomic mass is 10.1. The van der Waals surface area contributed by atoms with Crippen molar-refractivity contribution in [2.45, 2.75) is 13.5 Å². The normalized spacial score (nSPS) is 10.9. The zero-order valence-electron chi connectivity index (χ0n) is 17.3. The average Bonchev–Trinajstić information content (AvgIpc) is 2.78. The molecule has 0 aliphatic carbocycles. The molecule has 33 heavy (non-hydrogen) atoms. The lowest BCUT2D eigenvalue weighted by Gasteiger charge is -2.13. The summed E-state index contributed by atoms with van der Waals surface area (Å²) in [5.74, 6) is -0.119. The van der Waals surface area contributed by atoms with Gasteiger partial charge in [-0.2, -0.15) is 5.26 Å². The third-order valence-electron chi connectivity index (χ3n) is 4.54. The number of nitro groups is 1. The molecule has 1 amide bonds. The molecule has 3 rings (SSSR count). The van der Waals surface area contributed by atoms with E-state index in [1.54, 1.807) is 36.4 Å². The van der Waals surface area contributed by atoms with Gasteiger partial charge in [0, 0.05) is 27.9 Å². The first-order chi connectivity index (χ1) is 15.8. The number of halogens is 2. The predicted molar refractivity (Wildman–Crippen MR) is 133 cm³/mol. The maximum absolute atomic E-state index is 12.7. The molecular formula is C24H17Br2N3O4. The van der Waals surface area contributed by atoms with E-state index in [1.165, 1.54) is 18.2 Å². The number of hydrogen-bond acceptors (Lipinski definition) is 5. The van der Waals surface area contributed by atoms with Crippen LogP contribution in [0.3, 0.4) is 0 Å². The summed E-state index contributed by atoms with van der Waals surface area (Å²) in [5.41, 5.74) is 2.76. The van der Waals surface area contributed by atoms with Gasteiger partial charge in [0.1, 0.15) is 24.0 Å². The smallest absolute Gasteiger partial charge is 0.269 e. The standard InChI is InChI=1S/C24H17Br2N3O4/c1-15-2-6-20(7-3-15)28-24(30)18(13-27)10-17-11-19(25)12-22(26)23(17)33-14-16-4-8-21(9-5-16)29(31)32/h2-12H,14H2,1H3,(H,28,30)/b18-10+. The summed E-state index contributed by atoms with van der Waals surface area (Å²) in [7, 11) is 0. The lowest BCUT2D eigenvalue weighted by Crippen LogP contribution is -2.13. The Kier molecular flexibility index (Phi) is 7.98. The predicted octanol–water partition coefficient (Wildman–Crippen LogP) is 6.55. The first-order valence-electron chi connectivity index (χ1n) is 9.62. The molecule has 3 aromatic rings. The number of non-ortho nitro benzene ring substituents is 1. The maximum Gasteiger partial charge on any atom is 0.269 e. The van der Waals surface area contributed by atoms with Crippen molar-refractivity contribution in [3.05, 3.63) is 102 Å². The summed E-state index contributed by atoms with van der Waals surface area (Å²) in [6.45, 7) is 2.08. The number of nitrogens with zero attached hydrogens (tertiary/aromatic N) is 2. The van der Waals surface area contributed by atoms with Gasteiger partial charge in [-0.1, -0.05) is 33.6 Å². The molecule has 0 saturated heterocycles. The van der Waals surface area contributed by atoms with Gasteiger partial charge in [-0.3, -0.25) is 14.9 Å². The summed E-state index contributed by atoms with van der Waals surface area (Å²) in [6, 6.07) is 18.7. The molecule has 7 nitrogen and oxygen atoms in total. The molecule has 166 valence electrons. The van der Waals surface area contributed by atoms with Gasteiger partial charge >= 0.3 is 0 Å². The summed E-state index contributed by atoms with van der Waals surface area (Å²) in [5, 5.41) is 23.1. The Hall–Kier alpha value is -3.48. The van der Waals surface area contributed by atoms with Crippen LogP contribution in [0.25, 0.3) is 6.08 Å². The van der Waals surface area contributed by atoms with Gasteiger partial charge < -0.3 is 10.1 Å². The van der Waals surface area contributed by atoms with Gasteiger partial charge in [0.2, 0.25) is 0 Å². The van der Waals surface area contributed by atoms with Crippen LogP contribution in [-0.4, -0.2) is 10.8 Å². The van der Waals surface area contributed by atoms with Gasteiger partial charge in [-0.15, -0.1) is 0 Å². The highest BCUT2D eigenvalue weighted by Crippen LogP contribution is 2.35. The first-order valence-corrected chi connectivity index (χ1v) is 11.2. The number of anilines is 1. The molecule has 0 saturated carbocycles. The van der Waals surface area contributed by atoms with Crippen LogP contribution < -0.4 is 10.1 Å². The van der Waals surface area contributed by atoms with Gasteiger partial charge in [0.15, 0.2) is 0 Å². The second-order valence-electron chi connectivity index (χ2n) is 7.01. The van der Waals surface area contributed by atoms with Gasteiger partial charge in [0.05, 0.1) is 9.40 Å². The van der Waals surface area contributed by atoms with E-state index in [2.05, 4.69) is 37.2 Å². The molecular weight excluding hydrogens is 554 g/mol. The van der Waals surface area contributed by atoms with Crippen LogP contribution in [0.2, 0.25) is 0 Å². The minimum atomic E-state index is -0.543. The zero-order chi connectivity index (χ0) is 24.0. The van der Waals surface area contributed by atoms with Crippen LogP contribution in [0.1, 0.15) is 16.7 Å². The van der Waals surface area contributed by atoms with E-state index in [-0.39, 0.29) is 17.9 Å². The van der Waals surface area contributed by atoms with E-state index >= 15 is 0 Å². The van der Waals surface area contributed by atoms with E-state index in [1.807, 2.05) is 25.1 Å². The van der Waals surface area contributed by atoms with Crippen LogP contribution in [0.5, 0.6) is 5.75 Å². The van der Waals surface area contributed by atoms with Crippen molar-refractivity contribution in [1.29, 1.82) is 5.26 Å². The van der Waals surface area contributed by atoms with E-state index in [9.17, 15) is 20.2 Å². The topological polar surface area (TPSA) is 105 Å². The Balaban J connectivity index is 1.85. The van der Waals surface area contributed by atoms with Crippen molar-refractivity contribution < 1.29 is 14.5 Å². The highest BCUT2D eigenvalue weighted by atomic mass is 79.9. The van der Waals surface area contributed by atoms with Crippen molar-refractivity contribution in [2.75, 3.05) is 5.32 Å². The molecule has 0 atom stereocenters. The Morgan fingerprint density at radius 2 is 1.82 bits per heavy atom. The molecule has 3 aromatic carbocycles. The molecule has 9 heteroatoms. The number of aryl methyl sites for hydroxylation is 1. The fraction of sp³-hybridized carbons (Fsp3) is 0.0833. The third-order valence-corrected chi connectivity index (χ3v) is 5.59. The number of amides is 1. The summed E-state index contributed by atoms with van der Waals surface area (Å²) in [4.78, 5) is 23.0. The van der Waals surface area contributed by atoms with Crippen molar-refractivity contribution >= 4 is 55.2 Å². The highest BCUT2D eigenvalue weighted by Gasteiger charge is 2.15. The molecule has 0 heterocycles. The summed E-state index contributed by atoms with van der Waals surface area (Å²) >= 11 is 6.87. The largest absolute Gasteiger partial charge is 0.487 e. The average molecular weight is 571 g/mol. The Morgan fingerprint density at radius 3 is 2.42 bits per heavy atom. The summed E-state index contributed by atoms with van der Waals surface area (Å²) < 4.78 is 7.28.